The van der Waals surface area contributed by atoms with E-state index in [2.05, 4.69) is 24.8 Å². The summed E-state index contributed by atoms with van der Waals surface area (Å²) in [6.45, 7) is 7.43. The van der Waals surface area contributed by atoms with E-state index in [9.17, 15) is 36.5 Å². The molecule has 2 aromatic heterocycles. The summed E-state index contributed by atoms with van der Waals surface area (Å²) in [6, 6.07) is 19.8. The molecular formula is C49H54ClF3N8O8S. The lowest BCUT2D eigenvalue weighted by molar-refractivity contribution is -0.384. The monoisotopic (exact) mass is 1010 g/mol. The fourth-order valence-corrected chi connectivity index (χ4v) is 10.8. The van der Waals surface area contributed by atoms with Gasteiger partial charge in [-0.05, 0) is 97.3 Å². The number of pyridine rings is 1. The lowest BCUT2D eigenvalue weighted by Crippen LogP contribution is -2.47. The molecule has 2 fully saturated rings. The van der Waals surface area contributed by atoms with Crippen LogP contribution in [0.15, 0.2) is 89.5 Å². The van der Waals surface area contributed by atoms with Crippen molar-refractivity contribution in [3.8, 4) is 5.88 Å². The number of H-pyrrole nitrogens is 1. The zero-order chi connectivity index (χ0) is 49.4. The third kappa shape index (κ3) is 10.4. The summed E-state index contributed by atoms with van der Waals surface area (Å²) >= 11 is 6.22. The summed E-state index contributed by atoms with van der Waals surface area (Å²) in [7, 11) is -4.66. The van der Waals surface area contributed by atoms with Crippen molar-refractivity contribution in [3.05, 3.63) is 111 Å². The predicted octanol–water partition coefficient (Wildman–Crippen LogP) is 8.96. The minimum atomic E-state index is -4.66. The zero-order valence-electron chi connectivity index (χ0n) is 38.7. The van der Waals surface area contributed by atoms with Crippen LogP contribution in [-0.2, 0) is 19.5 Å². The second kappa shape index (κ2) is 20.1. The Kier molecular flexibility index (Phi) is 14.1. The summed E-state index contributed by atoms with van der Waals surface area (Å²) in [4.78, 5) is 39.5. The Labute approximate surface area is 408 Å². The Balaban J connectivity index is 0.987. The number of benzene rings is 3. The van der Waals surface area contributed by atoms with E-state index in [0.29, 0.717) is 119 Å². The second-order valence-electron chi connectivity index (χ2n) is 18.6. The van der Waals surface area contributed by atoms with E-state index in [1.807, 2.05) is 35.2 Å². The van der Waals surface area contributed by atoms with Crippen LogP contribution < -0.4 is 24.6 Å². The van der Waals surface area contributed by atoms with Crippen LogP contribution in [-0.4, -0.2) is 119 Å². The van der Waals surface area contributed by atoms with E-state index in [-0.39, 0.29) is 23.9 Å². The topological polar surface area (TPSA) is 185 Å². The first-order valence-electron chi connectivity index (χ1n) is 23.3. The van der Waals surface area contributed by atoms with Gasteiger partial charge in [0.2, 0.25) is 5.88 Å². The molecule has 2 atom stereocenters. The number of carbonyl (C=O) groups is 1. The molecule has 9 rings (SSSR count). The van der Waals surface area contributed by atoms with Gasteiger partial charge in [-0.15, -0.1) is 0 Å². The Morgan fingerprint density at radius 3 is 2.49 bits per heavy atom. The van der Waals surface area contributed by atoms with Crippen LogP contribution >= 0.6 is 11.6 Å². The maximum absolute atomic E-state index is 14.4. The average Bonchev–Trinajstić information content (AvgIpc) is 3.70. The fourth-order valence-electron chi connectivity index (χ4n) is 9.70. The molecule has 0 radical (unpaired) electrons. The number of ether oxygens (including phenoxy) is 3. The number of sulfonamides is 1. The largest absolute Gasteiger partial charge is 0.476 e. The number of nitro benzene ring substituents is 1. The van der Waals surface area contributed by atoms with Gasteiger partial charge in [-0.1, -0.05) is 43.2 Å². The van der Waals surface area contributed by atoms with Crippen molar-refractivity contribution < 1.29 is 45.5 Å². The quantitative estimate of drug-likeness (QED) is 0.0751. The molecule has 70 heavy (non-hydrogen) atoms. The highest BCUT2D eigenvalue weighted by molar-refractivity contribution is 7.90. The van der Waals surface area contributed by atoms with Gasteiger partial charge in [0.25, 0.3) is 21.6 Å². The number of piperazine rings is 1. The first-order valence-corrected chi connectivity index (χ1v) is 25.1. The van der Waals surface area contributed by atoms with Gasteiger partial charge in [-0.3, -0.25) is 19.8 Å². The standard InChI is InChI=1S/C49H54ClF3N8O8S/c1-48(2,49(51,52)53)34-6-11-39(31-4-7-35(50)8-5-31)33(24-34)29-58-17-19-59(20-18-58)36-9-12-40(42(26-36)60-16-3-21-69-47-44(60)25-32-14-15-54-45(32)56-47)46(62)57-70(65,66)38-10-13-41(43(27-38)61(63)64)55-28-37-30-67-22-23-68-37/h4-5,7-10,12-15,25-27,34,37,55H,3,6,11,16-24,28-30H2,1-2H3,(H,54,56)(H,57,62)/t34-,37+/m1/s1. The molecule has 0 unspecified atom stereocenters. The van der Waals surface area contributed by atoms with Gasteiger partial charge < -0.3 is 34.3 Å². The summed E-state index contributed by atoms with van der Waals surface area (Å²) in [6.07, 6.45) is -1.15. The number of alkyl halides is 3. The summed E-state index contributed by atoms with van der Waals surface area (Å²) in [5, 5.41) is 16.5. The summed E-state index contributed by atoms with van der Waals surface area (Å²) in [5.74, 6) is -1.21. The van der Waals surface area contributed by atoms with Crippen LogP contribution in [0.5, 0.6) is 5.88 Å². The van der Waals surface area contributed by atoms with Crippen LogP contribution in [0.4, 0.5) is 41.6 Å². The number of halogens is 4. The van der Waals surface area contributed by atoms with Crippen molar-refractivity contribution >= 4 is 72.6 Å². The molecule has 5 heterocycles. The van der Waals surface area contributed by atoms with Crippen LogP contribution in [0, 0.1) is 21.4 Å². The lowest BCUT2D eigenvalue weighted by Gasteiger charge is -2.42. The van der Waals surface area contributed by atoms with Crippen LogP contribution in [0.2, 0.25) is 5.02 Å². The maximum atomic E-state index is 14.4. The van der Waals surface area contributed by atoms with E-state index < -0.39 is 48.9 Å². The van der Waals surface area contributed by atoms with Gasteiger partial charge in [0.1, 0.15) is 17.0 Å². The first-order chi connectivity index (χ1) is 33.4. The predicted molar refractivity (Wildman–Crippen MR) is 261 cm³/mol. The van der Waals surface area contributed by atoms with E-state index in [1.165, 1.54) is 26.0 Å². The zero-order valence-corrected chi connectivity index (χ0v) is 40.3. The number of hydrogen-bond donors (Lipinski definition) is 3. The number of anilines is 4. The van der Waals surface area contributed by atoms with E-state index >= 15 is 0 Å². The Bertz CT molecular complexity index is 2900. The maximum Gasteiger partial charge on any atom is 0.394 e. The van der Waals surface area contributed by atoms with Gasteiger partial charge >= 0.3 is 6.18 Å². The molecule has 0 bridgehead atoms. The number of aromatic amines is 1. The summed E-state index contributed by atoms with van der Waals surface area (Å²) < 4.78 is 90.2. The van der Waals surface area contributed by atoms with Gasteiger partial charge in [0, 0.05) is 74.2 Å². The average molecular weight is 1010 g/mol. The molecule has 3 aliphatic heterocycles. The Hall–Kier alpha value is -5.93. The van der Waals surface area contributed by atoms with E-state index in [0.717, 1.165) is 33.8 Å². The highest BCUT2D eigenvalue weighted by atomic mass is 35.5. The fraction of sp³-hybridized carbons (Fsp3) is 0.429. The molecule has 1 aliphatic carbocycles. The molecule has 5 aromatic rings. The molecular weight excluding hydrogens is 953 g/mol. The normalized spacial score (nSPS) is 19.6. The number of nitrogens with one attached hydrogen (secondary N) is 3. The number of nitro groups is 1. The van der Waals surface area contributed by atoms with Crippen LogP contribution in [0.3, 0.4) is 0 Å². The minimum Gasteiger partial charge on any atom is -0.476 e. The molecule has 4 aliphatic rings. The van der Waals surface area contributed by atoms with Gasteiger partial charge in [0.05, 0.1) is 59.0 Å². The van der Waals surface area contributed by atoms with Crippen molar-refractivity contribution in [1.29, 1.82) is 0 Å². The van der Waals surface area contributed by atoms with E-state index in [1.54, 1.807) is 30.5 Å². The number of nitrogens with zero attached hydrogens (tertiary/aromatic N) is 5. The highest BCUT2D eigenvalue weighted by Crippen LogP contribution is 2.51. The molecule has 372 valence electrons. The number of carbonyl (C=O) groups excluding carboxylic acids is 1. The SMILES string of the molecule is CC(C)([C@@H]1CCC(c2ccc(Cl)cc2)=C(CN2CCN(c3ccc(C(=O)NS(=O)(=O)c4ccc(NC[C@H]5COCCO5)c([N+](=O)[O-])c4)c(N4CCCOc5nc6[nH]ccc6cc54)c3)CC2)C1)C(F)(F)F. The smallest absolute Gasteiger partial charge is 0.394 e. The Morgan fingerprint density at radius 1 is 0.971 bits per heavy atom. The highest BCUT2D eigenvalue weighted by Gasteiger charge is 2.52. The minimum absolute atomic E-state index is 0.0192. The van der Waals surface area contributed by atoms with Crippen molar-refractivity contribution in [3.63, 3.8) is 0 Å². The van der Waals surface area contributed by atoms with Crippen LogP contribution in [0.25, 0.3) is 16.6 Å². The molecule has 21 heteroatoms. The Morgan fingerprint density at radius 2 is 1.76 bits per heavy atom. The van der Waals surface area contributed by atoms with Crippen molar-refractivity contribution in [2.45, 2.75) is 56.7 Å². The third-order valence-corrected chi connectivity index (χ3v) is 15.5. The third-order valence-electron chi connectivity index (χ3n) is 13.9. The van der Waals surface area contributed by atoms with Gasteiger partial charge in [-0.25, -0.2) is 13.1 Å². The molecule has 2 saturated heterocycles. The van der Waals surface area contributed by atoms with Crippen molar-refractivity contribution in [1.82, 2.24) is 19.6 Å². The summed E-state index contributed by atoms with van der Waals surface area (Å²) in [5.41, 5.74) is 3.05. The molecule has 0 spiro atoms. The van der Waals surface area contributed by atoms with Gasteiger partial charge in [0.15, 0.2) is 0 Å². The van der Waals surface area contributed by atoms with E-state index in [4.69, 9.17) is 30.8 Å². The number of fused-ring (bicyclic) bond motifs is 2. The molecule has 3 aromatic carbocycles. The number of rotatable bonds is 13. The van der Waals surface area contributed by atoms with Crippen LogP contribution in [0.1, 0.15) is 55.5 Å². The molecule has 1 amide bonds. The first kappa shape index (κ1) is 49.1. The van der Waals surface area contributed by atoms with Gasteiger partial charge in [-0.2, -0.15) is 18.2 Å². The number of amides is 1. The van der Waals surface area contributed by atoms with Crippen molar-refractivity contribution in [2.24, 2.45) is 11.3 Å². The number of hydrogen-bond acceptors (Lipinski definition) is 13. The lowest BCUT2D eigenvalue weighted by atomic mass is 9.68. The second-order valence-corrected chi connectivity index (χ2v) is 20.7. The number of aromatic nitrogens is 2. The number of allylic oxidation sites excluding steroid dienone is 1. The molecule has 16 nitrogen and oxygen atoms in total. The molecule has 0 saturated carbocycles. The molecule has 3 N–H and O–H groups in total. The van der Waals surface area contributed by atoms with Crippen molar-refractivity contribution in [2.75, 3.05) is 87.4 Å².